The quantitative estimate of drug-likeness (QED) is 0.0831. The maximum Gasteiger partial charge on any atom is 0.410 e. The number of anilines is 2. The number of pyridine rings is 1. The fraction of sp³-hybridized carbons (Fsp3) is 0.426. The number of carbonyl (C=O) groups is 6. The van der Waals surface area contributed by atoms with Crippen LogP contribution in [0.1, 0.15) is 67.9 Å². The number of amides is 3. The zero-order chi connectivity index (χ0) is 47.0. The number of ether oxygens (including phenoxy) is 2. The standard InChI is InChI=1S/C46H55FN6O9.CH2O2/c1-4-51-26-36(44(57)58)42(55)35-24-37(47)39(25-38(35)51)52-18-20-53(21-19-52)46(60)62-28-32-10-12-34(13-11-32)49-43(56)33(22-30-14-16-48-17-15-30)23-40(54)41(29(2)3)50-45(59)61-27-31-8-6-5-7-9-31;2-1-3/h5-13,24-26,29-30,33,41,48H,4,14-23,27-28H2,1-3H3,(H,49,56)(H,50,59)(H,57,58);1H,(H,2,3)/t33-,41+;/m1./s1. The third kappa shape index (κ3) is 13.6. The van der Waals surface area contributed by atoms with Gasteiger partial charge in [-0.1, -0.05) is 56.3 Å². The Hall–Kier alpha value is -6.82. The number of ketones is 1. The van der Waals surface area contributed by atoms with E-state index in [9.17, 15) is 33.9 Å². The van der Waals surface area contributed by atoms with Crippen molar-refractivity contribution in [2.75, 3.05) is 49.5 Å². The minimum Gasteiger partial charge on any atom is -0.483 e. The molecular formula is C47H57FN6O11. The van der Waals surface area contributed by atoms with Gasteiger partial charge in [0.05, 0.1) is 17.2 Å². The highest BCUT2D eigenvalue weighted by atomic mass is 19.1. The fourth-order valence-electron chi connectivity index (χ4n) is 8.03. The Labute approximate surface area is 375 Å². The molecule has 3 amide bonds. The lowest BCUT2D eigenvalue weighted by Gasteiger charge is -2.35. The molecule has 348 valence electrons. The molecule has 4 aromatic rings. The van der Waals surface area contributed by atoms with Gasteiger partial charge in [0.15, 0.2) is 5.78 Å². The second kappa shape index (κ2) is 23.7. The molecule has 1 aromatic heterocycles. The number of piperazine rings is 1. The lowest BCUT2D eigenvalue weighted by Crippen LogP contribution is -2.49. The average molecular weight is 901 g/mol. The summed E-state index contributed by atoms with van der Waals surface area (Å²) in [6.45, 7) is 8.44. The van der Waals surface area contributed by atoms with Crippen LogP contribution in [0.3, 0.4) is 0 Å². The number of Topliss-reactive ketones (excluding diaryl/α,β-unsaturated/α-hetero) is 1. The monoisotopic (exact) mass is 900 g/mol. The molecule has 0 unspecified atom stereocenters. The van der Waals surface area contributed by atoms with E-state index in [1.165, 1.54) is 11.1 Å². The first-order chi connectivity index (χ1) is 31.2. The van der Waals surface area contributed by atoms with Crippen LogP contribution in [0, 0.1) is 23.6 Å². The van der Waals surface area contributed by atoms with Gasteiger partial charge in [-0.05, 0) is 86.5 Å². The number of aromatic carboxylic acids is 1. The number of fused-ring (bicyclic) bond motifs is 1. The number of nitrogens with zero attached hydrogens (tertiary/aromatic N) is 3. The number of carboxylic acids is 1. The molecule has 0 radical (unpaired) electrons. The zero-order valence-electron chi connectivity index (χ0n) is 36.8. The third-order valence-electron chi connectivity index (χ3n) is 11.6. The Balaban J connectivity index is 0.00000257. The van der Waals surface area contributed by atoms with E-state index < -0.39 is 46.9 Å². The molecule has 3 heterocycles. The summed E-state index contributed by atoms with van der Waals surface area (Å²) in [7, 11) is 0. The first-order valence-corrected chi connectivity index (χ1v) is 21.7. The summed E-state index contributed by atoms with van der Waals surface area (Å²) >= 11 is 0. The number of carboxylic acid groups (broad SMARTS) is 2. The molecule has 3 aromatic carbocycles. The number of nitrogens with one attached hydrogen (secondary N) is 3. The van der Waals surface area contributed by atoms with Crippen molar-refractivity contribution in [1.82, 2.24) is 20.1 Å². The molecule has 2 atom stereocenters. The molecule has 2 saturated heterocycles. The minimum absolute atomic E-state index is 0.0147. The predicted octanol–water partition coefficient (Wildman–Crippen LogP) is 5.87. The number of carbonyl (C=O) groups excluding carboxylic acids is 4. The highest BCUT2D eigenvalue weighted by Gasteiger charge is 2.32. The topological polar surface area (TPSA) is 226 Å². The summed E-state index contributed by atoms with van der Waals surface area (Å²) < 4.78 is 27.9. The van der Waals surface area contributed by atoms with Crippen LogP contribution in [0.15, 0.2) is 77.7 Å². The van der Waals surface area contributed by atoms with E-state index in [0.29, 0.717) is 42.8 Å². The number of rotatable bonds is 16. The van der Waals surface area contributed by atoms with Crippen LogP contribution in [-0.2, 0) is 43.6 Å². The van der Waals surface area contributed by atoms with Gasteiger partial charge in [-0.15, -0.1) is 0 Å². The summed E-state index contributed by atoms with van der Waals surface area (Å²) in [5.41, 5.74) is 1.52. The molecule has 6 rings (SSSR count). The van der Waals surface area contributed by atoms with Gasteiger partial charge in [0.2, 0.25) is 11.3 Å². The molecule has 0 bridgehead atoms. The van der Waals surface area contributed by atoms with E-state index >= 15 is 4.39 Å². The maximum absolute atomic E-state index is 15.4. The van der Waals surface area contributed by atoms with Crippen LogP contribution in [0.2, 0.25) is 0 Å². The first-order valence-electron chi connectivity index (χ1n) is 21.7. The maximum atomic E-state index is 15.4. The van der Waals surface area contributed by atoms with Crippen molar-refractivity contribution in [2.45, 2.75) is 72.3 Å². The fourth-order valence-corrected chi connectivity index (χ4v) is 8.03. The van der Waals surface area contributed by atoms with Crippen molar-refractivity contribution in [2.24, 2.45) is 17.8 Å². The van der Waals surface area contributed by atoms with Crippen LogP contribution >= 0.6 is 0 Å². The molecule has 0 saturated carbocycles. The normalized spacial score (nSPS) is 15.0. The van der Waals surface area contributed by atoms with E-state index in [1.54, 1.807) is 46.7 Å². The summed E-state index contributed by atoms with van der Waals surface area (Å²) in [6.07, 6.45) is 2.29. The van der Waals surface area contributed by atoms with Crippen molar-refractivity contribution in [3.63, 3.8) is 0 Å². The molecule has 2 aliphatic rings. The van der Waals surface area contributed by atoms with Crippen molar-refractivity contribution in [3.8, 4) is 0 Å². The molecule has 2 fully saturated rings. The van der Waals surface area contributed by atoms with Gasteiger partial charge < -0.3 is 50.0 Å². The number of hydrogen-bond acceptors (Lipinski definition) is 11. The van der Waals surface area contributed by atoms with E-state index in [4.69, 9.17) is 19.4 Å². The summed E-state index contributed by atoms with van der Waals surface area (Å²) in [5.74, 6) is -3.17. The van der Waals surface area contributed by atoms with Crippen LogP contribution in [0.25, 0.3) is 10.9 Å². The summed E-state index contributed by atoms with van der Waals surface area (Å²) in [5, 5.41) is 25.4. The van der Waals surface area contributed by atoms with Crippen LogP contribution < -0.4 is 26.3 Å². The molecule has 0 aliphatic carbocycles. The van der Waals surface area contributed by atoms with Crippen molar-refractivity contribution >= 4 is 58.6 Å². The Bertz CT molecular complexity index is 2340. The van der Waals surface area contributed by atoms with Crippen LogP contribution in [0.4, 0.5) is 25.4 Å². The molecule has 2 aliphatic heterocycles. The van der Waals surface area contributed by atoms with Gasteiger partial charge in [0.1, 0.15) is 24.6 Å². The Kier molecular flexibility index (Phi) is 18.0. The molecular weight excluding hydrogens is 844 g/mol. The van der Waals surface area contributed by atoms with E-state index in [-0.39, 0.29) is 73.8 Å². The van der Waals surface area contributed by atoms with Crippen molar-refractivity contribution in [3.05, 3.63) is 106 Å². The van der Waals surface area contributed by atoms with Gasteiger partial charge in [-0.25, -0.2) is 18.8 Å². The molecule has 18 heteroatoms. The van der Waals surface area contributed by atoms with Crippen LogP contribution in [0.5, 0.6) is 0 Å². The minimum atomic E-state index is -1.38. The van der Waals surface area contributed by atoms with Crippen molar-refractivity contribution < 1.29 is 52.8 Å². The molecule has 5 N–H and O–H groups in total. The Morgan fingerprint density at radius 2 is 1.55 bits per heavy atom. The Morgan fingerprint density at radius 1 is 0.923 bits per heavy atom. The first kappa shape index (κ1) is 49.2. The summed E-state index contributed by atoms with van der Waals surface area (Å²) in [6, 6.07) is 17.9. The van der Waals surface area contributed by atoms with Crippen LogP contribution in [-0.4, -0.2) is 101 Å². The average Bonchev–Trinajstić information content (AvgIpc) is 3.30. The van der Waals surface area contributed by atoms with E-state index in [0.717, 1.165) is 37.6 Å². The molecule has 0 spiro atoms. The zero-order valence-corrected chi connectivity index (χ0v) is 36.8. The van der Waals surface area contributed by atoms with Gasteiger partial charge in [0.25, 0.3) is 6.47 Å². The number of alkyl carbamates (subject to hydrolysis) is 1. The largest absolute Gasteiger partial charge is 0.483 e. The molecule has 17 nitrogen and oxygen atoms in total. The van der Waals surface area contributed by atoms with E-state index in [2.05, 4.69) is 16.0 Å². The second-order valence-electron chi connectivity index (χ2n) is 16.3. The highest BCUT2D eigenvalue weighted by molar-refractivity contribution is 5.97. The summed E-state index contributed by atoms with van der Waals surface area (Å²) in [4.78, 5) is 89.3. The van der Waals surface area contributed by atoms with E-state index in [1.807, 2.05) is 44.2 Å². The predicted molar refractivity (Wildman–Crippen MR) is 240 cm³/mol. The van der Waals surface area contributed by atoms with Gasteiger partial charge in [-0.3, -0.25) is 19.2 Å². The number of benzene rings is 3. The second-order valence-corrected chi connectivity index (χ2v) is 16.3. The van der Waals surface area contributed by atoms with Crippen molar-refractivity contribution in [1.29, 1.82) is 0 Å². The van der Waals surface area contributed by atoms with Gasteiger partial charge in [-0.2, -0.15) is 0 Å². The lowest BCUT2D eigenvalue weighted by atomic mass is 9.83. The number of halogens is 1. The van der Waals surface area contributed by atoms with Gasteiger partial charge >= 0.3 is 18.2 Å². The number of piperidine rings is 1. The lowest BCUT2D eigenvalue weighted by molar-refractivity contribution is -0.128. The molecule has 65 heavy (non-hydrogen) atoms. The SMILES string of the molecule is CCn1cc(C(=O)O)c(=O)c2cc(F)c(N3CCN(C(=O)OCc4ccc(NC(=O)[C@@H](CC(=O)[C@@H](NC(=O)OCc5ccccc5)C(C)C)CC5CCNCC5)cc4)CC3)cc21.O=CO. The number of aryl methyl sites for hydroxylation is 1. The number of aromatic nitrogens is 1. The smallest absolute Gasteiger partial charge is 0.410 e. The van der Waals surface area contributed by atoms with Gasteiger partial charge in [0, 0.05) is 62.3 Å². The third-order valence-corrected chi connectivity index (χ3v) is 11.6. The number of hydrogen-bond donors (Lipinski definition) is 5. The Morgan fingerprint density at radius 3 is 2.17 bits per heavy atom. The highest BCUT2D eigenvalue weighted by Crippen LogP contribution is 2.28.